The molecule has 0 aromatic carbocycles. The molecule has 1 aliphatic rings. The molecule has 1 aliphatic heterocycles. The summed E-state index contributed by atoms with van der Waals surface area (Å²) in [6.07, 6.45) is 6.49. The molecule has 0 aliphatic carbocycles. The Morgan fingerprint density at radius 1 is 0.905 bits per heavy atom. The van der Waals surface area contributed by atoms with E-state index in [1.54, 1.807) is 24.7 Å². The Bertz CT molecular complexity index is 615. The van der Waals surface area contributed by atoms with Gasteiger partial charge in [-0.25, -0.2) is 9.97 Å². The molecule has 6 nitrogen and oxygen atoms in total. The molecule has 0 spiro atoms. The summed E-state index contributed by atoms with van der Waals surface area (Å²) < 4.78 is 11.9. The van der Waals surface area contributed by atoms with E-state index in [0.717, 1.165) is 5.69 Å². The van der Waals surface area contributed by atoms with Crippen molar-refractivity contribution in [3.05, 3.63) is 31.0 Å². The van der Waals surface area contributed by atoms with Crippen molar-refractivity contribution in [1.29, 1.82) is 0 Å². The van der Waals surface area contributed by atoms with Crippen molar-refractivity contribution in [3.8, 4) is 11.4 Å². The Labute approximate surface area is 124 Å². The lowest BCUT2D eigenvalue weighted by atomic mass is 9.85. The molecule has 2 aromatic rings. The van der Waals surface area contributed by atoms with Gasteiger partial charge in [0.25, 0.3) is 0 Å². The van der Waals surface area contributed by atoms with Crippen molar-refractivity contribution >= 4 is 12.7 Å². The molecule has 7 heteroatoms. The molecule has 21 heavy (non-hydrogen) atoms. The fraction of sp³-hybridized carbons (Fsp3) is 0.429. The first-order valence-electron chi connectivity index (χ1n) is 6.83. The van der Waals surface area contributed by atoms with Gasteiger partial charge in [-0.05, 0) is 33.8 Å². The van der Waals surface area contributed by atoms with Crippen LogP contribution in [0.5, 0.6) is 0 Å². The standard InChI is InChI=1S/C14H17BN4O2/c1-13(2)14(3,4)21-15(20-13)12-8-17-11(7-18-12)10-5-6-16-9-19-10/h5-9H,1-4H3. The van der Waals surface area contributed by atoms with Crippen molar-refractivity contribution in [3.63, 3.8) is 0 Å². The highest BCUT2D eigenvalue weighted by molar-refractivity contribution is 6.61. The van der Waals surface area contributed by atoms with Gasteiger partial charge >= 0.3 is 7.12 Å². The molecule has 0 bridgehead atoms. The van der Waals surface area contributed by atoms with Crippen LogP contribution in [0.25, 0.3) is 11.4 Å². The van der Waals surface area contributed by atoms with E-state index in [4.69, 9.17) is 9.31 Å². The predicted molar refractivity (Wildman–Crippen MR) is 78.8 cm³/mol. The van der Waals surface area contributed by atoms with Crippen LogP contribution in [0.4, 0.5) is 0 Å². The van der Waals surface area contributed by atoms with Crippen LogP contribution in [-0.4, -0.2) is 38.3 Å². The molecule has 2 aromatic heterocycles. The average molecular weight is 284 g/mol. The number of hydrogen-bond acceptors (Lipinski definition) is 6. The quantitative estimate of drug-likeness (QED) is 0.773. The van der Waals surface area contributed by atoms with Crippen LogP contribution in [0.2, 0.25) is 0 Å². The van der Waals surface area contributed by atoms with E-state index < -0.39 is 7.12 Å². The van der Waals surface area contributed by atoms with Crippen LogP contribution >= 0.6 is 0 Å². The van der Waals surface area contributed by atoms with Crippen molar-refractivity contribution in [1.82, 2.24) is 19.9 Å². The van der Waals surface area contributed by atoms with Crippen molar-refractivity contribution in [2.45, 2.75) is 38.9 Å². The second kappa shape index (κ2) is 4.86. The molecule has 0 radical (unpaired) electrons. The van der Waals surface area contributed by atoms with Gasteiger partial charge in [-0.3, -0.25) is 9.97 Å². The van der Waals surface area contributed by atoms with Crippen molar-refractivity contribution < 1.29 is 9.31 Å². The van der Waals surface area contributed by atoms with Gasteiger partial charge in [0, 0.05) is 12.4 Å². The Hall–Kier alpha value is -1.86. The van der Waals surface area contributed by atoms with E-state index in [-0.39, 0.29) is 11.2 Å². The summed E-state index contributed by atoms with van der Waals surface area (Å²) in [4.78, 5) is 16.8. The third-order valence-corrected chi connectivity index (χ3v) is 4.01. The van der Waals surface area contributed by atoms with Crippen molar-refractivity contribution in [2.24, 2.45) is 0 Å². The Morgan fingerprint density at radius 3 is 2.14 bits per heavy atom. The summed E-state index contributed by atoms with van der Waals surface area (Å²) in [7, 11) is -0.498. The van der Waals surface area contributed by atoms with E-state index in [1.807, 2.05) is 27.7 Å². The zero-order valence-electron chi connectivity index (χ0n) is 12.6. The maximum absolute atomic E-state index is 5.95. The summed E-state index contributed by atoms with van der Waals surface area (Å²) in [6, 6.07) is 1.79. The second-order valence-corrected chi connectivity index (χ2v) is 6.01. The van der Waals surface area contributed by atoms with E-state index in [1.165, 1.54) is 6.33 Å². The lowest BCUT2D eigenvalue weighted by molar-refractivity contribution is 0.00578. The van der Waals surface area contributed by atoms with Gasteiger partial charge in [0.15, 0.2) is 0 Å². The van der Waals surface area contributed by atoms with Gasteiger partial charge in [-0.2, -0.15) is 0 Å². The van der Waals surface area contributed by atoms with Gasteiger partial charge in [0.2, 0.25) is 0 Å². The van der Waals surface area contributed by atoms with Crippen LogP contribution in [-0.2, 0) is 9.31 Å². The Balaban J connectivity index is 1.83. The highest BCUT2D eigenvalue weighted by atomic mass is 16.7. The second-order valence-electron chi connectivity index (χ2n) is 6.01. The molecule has 0 atom stereocenters. The number of hydrogen-bond donors (Lipinski definition) is 0. The molecule has 0 N–H and O–H groups in total. The molecule has 0 unspecified atom stereocenters. The maximum atomic E-state index is 5.95. The number of aromatic nitrogens is 4. The third kappa shape index (κ3) is 2.54. The predicted octanol–water partition coefficient (Wildman–Crippen LogP) is 1.23. The first-order chi connectivity index (χ1) is 9.89. The molecule has 0 amide bonds. The SMILES string of the molecule is CC1(C)OB(c2cnc(-c3ccncn3)cn2)OC1(C)C. The molecule has 1 saturated heterocycles. The summed E-state index contributed by atoms with van der Waals surface area (Å²) >= 11 is 0. The molecule has 3 rings (SSSR count). The van der Waals surface area contributed by atoms with Gasteiger partial charge in [0.05, 0.1) is 28.7 Å². The molecule has 3 heterocycles. The number of rotatable bonds is 2. The molecular weight excluding hydrogens is 267 g/mol. The van der Waals surface area contributed by atoms with Crippen LogP contribution in [0, 0.1) is 0 Å². The maximum Gasteiger partial charge on any atom is 0.516 e. The monoisotopic (exact) mass is 284 g/mol. The fourth-order valence-electron chi connectivity index (χ4n) is 2.00. The zero-order chi connectivity index (χ0) is 15.1. The summed E-state index contributed by atoms with van der Waals surface area (Å²) in [5.41, 5.74) is 1.32. The van der Waals surface area contributed by atoms with Crippen molar-refractivity contribution in [2.75, 3.05) is 0 Å². The lowest BCUT2D eigenvalue weighted by Gasteiger charge is -2.32. The minimum atomic E-state index is -0.498. The highest BCUT2D eigenvalue weighted by Gasteiger charge is 2.52. The Morgan fingerprint density at radius 2 is 1.62 bits per heavy atom. The van der Waals surface area contributed by atoms with E-state index in [0.29, 0.717) is 11.3 Å². The minimum Gasteiger partial charge on any atom is -0.398 e. The van der Waals surface area contributed by atoms with E-state index in [9.17, 15) is 0 Å². The summed E-state index contributed by atoms with van der Waals surface area (Å²) in [6.45, 7) is 8.04. The van der Waals surface area contributed by atoms with Crippen LogP contribution in [0.15, 0.2) is 31.0 Å². The van der Waals surface area contributed by atoms with Gasteiger partial charge in [0.1, 0.15) is 12.0 Å². The molecule has 1 fully saturated rings. The largest absolute Gasteiger partial charge is 0.516 e. The summed E-state index contributed by atoms with van der Waals surface area (Å²) in [5, 5.41) is 0. The smallest absolute Gasteiger partial charge is 0.398 e. The first-order valence-corrected chi connectivity index (χ1v) is 6.83. The van der Waals surface area contributed by atoms with Gasteiger partial charge < -0.3 is 9.31 Å². The average Bonchev–Trinajstić information content (AvgIpc) is 2.69. The number of nitrogens with zero attached hydrogens (tertiary/aromatic N) is 4. The van der Waals surface area contributed by atoms with Crippen LogP contribution < -0.4 is 5.59 Å². The Kier molecular flexibility index (Phi) is 3.26. The highest BCUT2D eigenvalue weighted by Crippen LogP contribution is 2.36. The lowest BCUT2D eigenvalue weighted by Crippen LogP contribution is -2.41. The summed E-state index contributed by atoms with van der Waals surface area (Å²) in [5.74, 6) is 0. The van der Waals surface area contributed by atoms with Gasteiger partial charge in [-0.1, -0.05) is 0 Å². The first kappa shape index (κ1) is 14.1. The fourth-order valence-corrected chi connectivity index (χ4v) is 2.00. The van der Waals surface area contributed by atoms with E-state index in [2.05, 4.69) is 19.9 Å². The van der Waals surface area contributed by atoms with Crippen LogP contribution in [0.1, 0.15) is 27.7 Å². The minimum absolute atomic E-state index is 0.384. The molecular formula is C14H17BN4O2. The third-order valence-electron chi connectivity index (χ3n) is 4.01. The van der Waals surface area contributed by atoms with Gasteiger partial charge in [-0.15, -0.1) is 0 Å². The normalized spacial score (nSPS) is 19.7. The molecule has 0 saturated carbocycles. The zero-order valence-corrected chi connectivity index (χ0v) is 12.6. The molecule has 108 valence electrons. The van der Waals surface area contributed by atoms with Crippen LogP contribution in [0.3, 0.4) is 0 Å². The van der Waals surface area contributed by atoms with E-state index >= 15 is 0 Å². The topological polar surface area (TPSA) is 70.0 Å².